The molecule has 0 spiro atoms. The summed E-state index contributed by atoms with van der Waals surface area (Å²) in [6, 6.07) is 9.67. The van der Waals surface area contributed by atoms with Gasteiger partial charge >= 0.3 is 6.01 Å². The molecule has 136 valence electrons. The number of nitrogens with zero attached hydrogens (tertiary/aromatic N) is 3. The van der Waals surface area contributed by atoms with Gasteiger partial charge in [-0.2, -0.15) is 0 Å². The quantitative estimate of drug-likeness (QED) is 0.766. The molecule has 2 heterocycles. The van der Waals surface area contributed by atoms with Crippen molar-refractivity contribution in [2.75, 3.05) is 13.1 Å². The van der Waals surface area contributed by atoms with E-state index in [9.17, 15) is 4.79 Å². The molecule has 1 aliphatic heterocycles. The van der Waals surface area contributed by atoms with E-state index in [1.807, 2.05) is 36.9 Å². The summed E-state index contributed by atoms with van der Waals surface area (Å²) < 4.78 is 5.92. The summed E-state index contributed by atoms with van der Waals surface area (Å²) in [6.07, 6.45) is 5.10. The zero-order valence-electron chi connectivity index (χ0n) is 15.0. The van der Waals surface area contributed by atoms with Crippen LogP contribution in [0.3, 0.4) is 0 Å². The predicted octanol–water partition coefficient (Wildman–Crippen LogP) is 3.83. The number of carbonyl (C=O) groups is 1. The molecule has 0 unspecified atom stereocenters. The molecule has 1 atom stereocenters. The van der Waals surface area contributed by atoms with Gasteiger partial charge in [-0.15, -0.1) is 0 Å². The summed E-state index contributed by atoms with van der Waals surface area (Å²) in [5.41, 5.74) is 2.69. The fourth-order valence-electron chi connectivity index (χ4n) is 2.98. The van der Waals surface area contributed by atoms with Crippen molar-refractivity contribution < 1.29 is 9.53 Å². The largest absolute Gasteiger partial charge is 0.458 e. The third-order valence-electron chi connectivity index (χ3n) is 4.21. The highest BCUT2D eigenvalue weighted by Gasteiger charge is 2.24. The lowest BCUT2D eigenvalue weighted by Gasteiger charge is -2.31. The molecule has 1 aliphatic rings. The van der Waals surface area contributed by atoms with Crippen LogP contribution in [0.1, 0.15) is 29.8 Å². The molecule has 0 saturated carbocycles. The van der Waals surface area contributed by atoms with Crippen LogP contribution in [0.2, 0.25) is 5.02 Å². The Balaban J connectivity index is 1.60. The lowest BCUT2D eigenvalue weighted by molar-refractivity contribution is -0.128. The Hall–Kier alpha value is -2.40. The van der Waals surface area contributed by atoms with E-state index in [2.05, 4.69) is 9.97 Å². The maximum absolute atomic E-state index is 12.5. The number of hydrogen-bond donors (Lipinski definition) is 0. The van der Waals surface area contributed by atoms with Gasteiger partial charge in [-0.1, -0.05) is 23.7 Å². The molecule has 0 N–H and O–H groups in total. The number of benzene rings is 1. The number of ether oxygens (including phenoxy) is 1. The summed E-state index contributed by atoms with van der Waals surface area (Å²) in [7, 11) is 0. The second-order valence-corrected chi connectivity index (χ2v) is 6.92. The Morgan fingerprint density at radius 2 is 1.92 bits per heavy atom. The van der Waals surface area contributed by atoms with Crippen molar-refractivity contribution in [3.63, 3.8) is 0 Å². The molecule has 0 radical (unpaired) electrons. The molecular formula is C20H22ClN3O2. The van der Waals surface area contributed by atoms with Crippen molar-refractivity contribution in [3.05, 3.63) is 58.4 Å². The van der Waals surface area contributed by atoms with Crippen LogP contribution in [0.25, 0.3) is 6.08 Å². The molecule has 26 heavy (non-hydrogen) atoms. The molecular weight excluding hydrogens is 350 g/mol. The van der Waals surface area contributed by atoms with Crippen LogP contribution in [0.15, 0.2) is 36.4 Å². The summed E-state index contributed by atoms with van der Waals surface area (Å²) in [6.45, 7) is 5.11. The van der Waals surface area contributed by atoms with Crippen molar-refractivity contribution >= 4 is 23.6 Å². The number of aryl methyl sites for hydroxylation is 2. The zero-order valence-corrected chi connectivity index (χ0v) is 15.7. The van der Waals surface area contributed by atoms with Gasteiger partial charge in [0.15, 0.2) is 0 Å². The first kappa shape index (κ1) is 18.4. The Bertz CT molecular complexity index is 785. The predicted molar refractivity (Wildman–Crippen MR) is 102 cm³/mol. The van der Waals surface area contributed by atoms with E-state index in [-0.39, 0.29) is 12.0 Å². The van der Waals surface area contributed by atoms with Crippen LogP contribution in [-0.4, -0.2) is 40.0 Å². The second-order valence-electron chi connectivity index (χ2n) is 6.48. The van der Waals surface area contributed by atoms with Crippen LogP contribution < -0.4 is 4.74 Å². The molecule has 6 heteroatoms. The van der Waals surface area contributed by atoms with E-state index in [1.54, 1.807) is 24.3 Å². The van der Waals surface area contributed by atoms with Gasteiger partial charge in [-0.3, -0.25) is 4.79 Å². The van der Waals surface area contributed by atoms with Crippen LogP contribution in [0.5, 0.6) is 6.01 Å². The monoisotopic (exact) mass is 371 g/mol. The van der Waals surface area contributed by atoms with Crippen molar-refractivity contribution in [3.8, 4) is 6.01 Å². The van der Waals surface area contributed by atoms with Crippen LogP contribution in [0.4, 0.5) is 0 Å². The summed E-state index contributed by atoms with van der Waals surface area (Å²) in [5, 5.41) is 0.679. The van der Waals surface area contributed by atoms with Crippen molar-refractivity contribution in [1.82, 2.24) is 14.9 Å². The van der Waals surface area contributed by atoms with Crippen molar-refractivity contribution in [1.29, 1.82) is 0 Å². The Labute approximate surface area is 158 Å². The van der Waals surface area contributed by atoms with Gasteiger partial charge in [0.1, 0.15) is 6.10 Å². The maximum Gasteiger partial charge on any atom is 0.317 e. The molecule has 0 bridgehead atoms. The van der Waals surface area contributed by atoms with Gasteiger partial charge in [0.2, 0.25) is 5.91 Å². The van der Waals surface area contributed by atoms with Crippen molar-refractivity contribution in [2.24, 2.45) is 0 Å². The molecule has 2 aromatic rings. The number of halogens is 1. The number of likely N-dealkylation sites (tertiary alicyclic amines) is 1. The first-order valence-electron chi connectivity index (χ1n) is 8.71. The lowest BCUT2D eigenvalue weighted by atomic mass is 10.1. The highest BCUT2D eigenvalue weighted by atomic mass is 35.5. The van der Waals surface area contributed by atoms with E-state index < -0.39 is 0 Å². The van der Waals surface area contributed by atoms with Gasteiger partial charge in [-0.05, 0) is 56.5 Å². The molecule has 0 aliphatic carbocycles. The van der Waals surface area contributed by atoms with Gasteiger partial charge in [-0.25, -0.2) is 9.97 Å². The third kappa shape index (κ3) is 5.05. The number of piperidine rings is 1. The van der Waals surface area contributed by atoms with Gasteiger partial charge in [0.05, 0.1) is 6.54 Å². The van der Waals surface area contributed by atoms with E-state index in [0.717, 1.165) is 36.3 Å². The number of aromatic nitrogens is 2. The summed E-state index contributed by atoms with van der Waals surface area (Å²) in [4.78, 5) is 22.9. The molecule has 1 aromatic heterocycles. The van der Waals surface area contributed by atoms with Crippen LogP contribution in [0, 0.1) is 13.8 Å². The molecule has 1 aromatic carbocycles. The van der Waals surface area contributed by atoms with Gasteiger partial charge in [0.25, 0.3) is 0 Å². The van der Waals surface area contributed by atoms with Crippen LogP contribution in [-0.2, 0) is 4.79 Å². The SMILES string of the molecule is Cc1cc(C)nc(O[C@H]2CCCN(C(=O)/C=C/c3ccc(Cl)cc3)C2)n1. The summed E-state index contributed by atoms with van der Waals surface area (Å²) in [5.74, 6) is -0.0189. The van der Waals surface area contributed by atoms with E-state index >= 15 is 0 Å². The molecule has 5 nitrogen and oxygen atoms in total. The fraction of sp³-hybridized carbons (Fsp3) is 0.350. The standard InChI is InChI=1S/C20H22ClN3O2/c1-14-12-15(2)23-20(22-14)26-18-4-3-11-24(13-18)19(25)10-7-16-5-8-17(21)9-6-16/h5-10,12,18H,3-4,11,13H2,1-2H3/b10-7+/t18-/m0/s1. The highest BCUT2D eigenvalue weighted by molar-refractivity contribution is 6.30. The first-order chi connectivity index (χ1) is 12.5. The van der Waals surface area contributed by atoms with Crippen molar-refractivity contribution in [2.45, 2.75) is 32.8 Å². The first-order valence-corrected chi connectivity index (χ1v) is 9.09. The van der Waals surface area contributed by atoms with Gasteiger partial charge < -0.3 is 9.64 Å². The number of amides is 1. The van der Waals surface area contributed by atoms with Gasteiger partial charge in [0, 0.05) is 29.0 Å². The van der Waals surface area contributed by atoms with Crippen LogP contribution >= 0.6 is 11.6 Å². The average molecular weight is 372 g/mol. The lowest BCUT2D eigenvalue weighted by Crippen LogP contribution is -2.44. The van der Waals surface area contributed by atoms with E-state index in [1.165, 1.54) is 0 Å². The molecule has 1 fully saturated rings. The molecule has 3 rings (SSSR count). The van der Waals surface area contributed by atoms with E-state index in [4.69, 9.17) is 16.3 Å². The van der Waals surface area contributed by atoms with E-state index in [0.29, 0.717) is 17.6 Å². The second kappa shape index (κ2) is 8.32. The zero-order chi connectivity index (χ0) is 18.5. The highest BCUT2D eigenvalue weighted by Crippen LogP contribution is 2.17. The topological polar surface area (TPSA) is 55.3 Å². The Morgan fingerprint density at radius 1 is 1.23 bits per heavy atom. The average Bonchev–Trinajstić information content (AvgIpc) is 2.60. The number of rotatable bonds is 4. The Kier molecular flexibility index (Phi) is 5.89. The summed E-state index contributed by atoms with van der Waals surface area (Å²) >= 11 is 5.87. The molecule has 1 amide bonds. The number of carbonyl (C=O) groups excluding carboxylic acids is 1. The Morgan fingerprint density at radius 3 is 2.62 bits per heavy atom. The minimum absolute atomic E-state index is 0.0189. The minimum atomic E-state index is -0.0853. The smallest absolute Gasteiger partial charge is 0.317 e. The number of hydrogen-bond acceptors (Lipinski definition) is 4. The maximum atomic E-state index is 12.5. The third-order valence-corrected chi connectivity index (χ3v) is 4.46. The fourth-order valence-corrected chi connectivity index (χ4v) is 3.10. The normalized spacial score (nSPS) is 17.5. The minimum Gasteiger partial charge on any atom is -0.458 e. The molecule has 1 saturated heterocycles.